The van der Waals surface area contributed by atoms with Crippen LogP contribution in [0.25, 0.3) is 0 Å². The number of aliphatic carboxylic acids is 1. The Bertz CT molecular complexity index is 1890. The summed E-state index contributed by atoms with van der Waals surface area (Å²) in [4.78, 5) is 123. The maximum absolute atomic E-state index is 14.0. The van der Waals surface area contributed by atoms with Crippen molar-refractivity contribution in [3.05, 3.63) is 35.9 Å². The van der Waals surface area contributed by atoms with Gasteiger partial charge in [0.15, 0.2) is 0 Å². The number of benzene rings is 1. The molecule has 2 aliphatic heterocycles. The molecule has 68 heavy (non-hydrogen) atoms. The summed E-state index contributed by atoms with van der Waals surface area (Å²) in [6.07, 6.45) is 4.00. The minimum Gasteiger partial charge on any atom is -0.480 e. The molecule has 0 saturated carbocycles. The molecule has 9 atom stereocenters. The third kappa shape index (κ3) is 16.8. The summed E-state index contributed by atoms with van der Waals surface area (Å²) in [5, 5.41) is 35.5. The SMILES string of the molecule is CC[C@H](C)[C@H](NC(=O)[C@@H](N)CCCCN)C(=O)N1CCC[C@H]1C(=O)N[C@H](C(=O)N[C@@H](CO)C(=O)NCC(=O)N1CCC[C@H]1C(=O)N[C@@H](Cc1ccccc1)C(=O)N[C@@H](CC(C)C)C(=O)O)C(C)C. The zero-order chi connectivity index (χ0) is 50.7. The number of carbonyl (C=O) groups excluding carboxylic acids is 8. The standard InChI is InChI=1S/C47H76N10O11/c1-7-29(6)39(55-40(60)31(49)17-11-12-20-48)46(66)57-22-14-19-36(57)44(64)54-38(28(4)5)45(65)53-34(26-58)41(61)50-25-37(59)56-21-13-18-35(56)43(63)51-32(24-30-15-9-8-10-16-30)42(62)52-33(47(67)68)23-27(2)3/h8-10,15-16,27-29,31-36,38-39,58H,7,11-14,17-26,48-49H2,1-6H3,(H,50,61)(H,51,63)(H,52,62)(H,53,65)(H,54,64)(H,55,60)(H,67,68)/t29-,31-,32-,33-,34-,35-,36-,38-,39-/m0/s1. The third-order valence-corrected chi connectivity index (χ3v) is 12.5. The molecular formula is C47H76N10O11. The summed E-state index contributed by atoms with van der Waals surface area (Å²) < 4.78 is 0. The van der Waals surface area contributed by atoms with Crippen LogP contribution in [0.15, 0.2) is 30.3 Å². The van der Waals surface area contributed by atoms with Crippen molar-refractivity contribution in [3.8, 4) is 0 Å². The monoisotopic (exact) mass is 957 g/mol. The first-order valence-electron chi connectivity index (χ1n) is 24.0. The first-order chi connectivity index (χ1) is 32.2. The van der Waals surface area contributed by atoms with Crippen molar-refractivity contribution in [1.29, 1.82) is 0 Å². The minimum absolute atomic E-state index is 0.0426. The molecule has 380 valence electrons. The highest BCUT2D eigenvalue weighted by Crippen LogP contribution is 2.23. The number of rotatable bonds is 27. The van der Waals surface area contributed by atoms with Crippen LogP contribution < -0.4 is 43.4 Å². The van der Waals surface area contributed by atoms with E-state index in [1.807, 2.05) is 27.7 Å². The van der Waals surface area contributed by atoms with Gasteiger partial charge in [0.2, 0.25) is 47.3 Å². The number of likely N-dealkylation sites (tertiary alicyclic amines) is 2. The van der Waals surface area contributed by atoms with Gasteiger partial charge in [-0.3, -0.25) is 38.4 Å². The largest absolute Gasteiger partial charge is 0.480 e. The second kappa shape index (κ2) is 28.0. The van der Waals surface area contributed by atoms with Crippen LogP contribution in [0.2, 0.25) is 0 Å². The quantitative estimate of drug-likeness (QED) is 0.0476. The second-order valence-corrected chi connectivity index (χ2v) is 18.7. The van der Waals surface area contributed by atoms with Crippen molar-refractivity contribution < 1.29 is 53.4 Å². The number of hydrogen-bond acceptors (Lipinski definition) is 12. The van der Waals surface area contributed by atoms with Crippen molar-refractivity contribution in [1.82, 2.24) is 41.7 Å². The van der Waals surface area contributed by atoms with E-state index < -0.39 is 121 Å². The number of carboxylic acid groups (broad SMARTS) is 1. The fourth-order valence-electron chi connectivity index (χ4n) is 8.32. The molecule has 0 aromatic heterocycles. The molecule has 0 radical (unpaired) electrons. The van der Waals surface area contributed by atoms with Gasteiger partial charge in [-0.2, -0.15) is 0 Å². The fraction of sp³-hybridized carbons (Fsp3) is 0.681. The van der Waals surface area contributed by atoms with Gasteiger partial charge in [0.25, 0.3) is 0 Å². The Balaban J connectivity index is 1.64. The Hall–Kier alpha value is -5.67. The maximum atomic E-state index is 14.0. The minimum atomic E-state index is -1.54. The molecule has 8 amide bonds. The van der Waals surface area contributed by atoms with Gasteiger partial charge in [-0.15, -0.1) is 0 Å². The van der Waals surface area contributed by atoms with Crippen molar-refractivity contribution in [2.75, 3.05) is 32.8 Å². The number of aliphatic hydroxyl groups is 1. The van der Waals surface area contributed by atoms with E-state index in [1.54, 1.807) is 44.2 Å². The lowest BCUT2D eigenvalue weighted by molar-refractivity contribution is -0.143. The normalized spacial score (nSPS) is 18.9. The molecule has 2 heterocycles. The number of nitrogens with one attached hydrogen (secondary N) is 6. The number of nitrogens with zero attached hydrogens (tertiary/aromatic N) is 2. The molecule has 2 aliphatic rings. The molecule has 1 aromatic carbocycles. The summed E-state index contributed by atoms with van der Waals surface area (Å²) in [5.41, 5.74) is 12.4. The number of amides is 8. The van der Waals surface area contributed by atoms with Crippen LogP contribution in [0, 0.1) is 17.8 Å². The smallest absolute Gasteiger partial charge is 0.326 e. The van der Waals surface area contributed by atoms with Gasteiger partial charge in [-0.1, -0.05) is 84.7 Å². The van der Waals surface area contributed by atoms with Crippen molar-refractivity contribution in [2.24, 2.45) is 29.2 Å². The van der Waals surface area contributed by atoms with E-state index in [4.69, 9.17) is 11.5 Å². The number of carboxylic acids is 1. The van der Waals surface area contributed by atoms with Crippen molar-refractivity contribution >= 4 is 53.2 Å². The van der Waals surface area contributed by atoms with Crippen molar-refractivity contribution in [2.45, 2.75) is 154 Å². The number of carbonyl (C=O) groups is 9. The Morgan fingerprint density at radius 3 is 1.90 bits per heavy atom. The van der Waals surface area contributed by atoms with Crippen molar-refractivity contribution in [3.63, 3.8) is 0 Å². The van der Waals surface area contributed by atoms with Crippen LogP contribution in [0.3, 0.4) is 0 Å². The molecule has 3 rings (SSSR count). The van der Waals surface area contributed by atoms with Crippen LogP contribution >= 0.6 is 0 Å². The van der Waals surface area contributed by atoms with E-state index in [2.05, 4.69) is 31.9 Å². The van der Waals surface area contributed by atoms with Gasteiger partial charge in [0, 0.05) is 19.5 Å². The van der Waals surface area contributed by atoms with Gasteiger partial charge < -0.3 is 63.4 Å². The summed E-state index contributed by atoms with van der Waals surface area (Å²) in [6, 6.07) is -0.0243. The average molecular weight is 957 g/mol. The predicted molar refractivity (Wildman–Crippen MR) is 252 cm³/mol. The van der Waals surface area contributed by atoms with Gasteiger partial charge in [-0.05, 0) is 74.8 Å². The highest BCUT2D eigenvalue weighted by atomic mass is 16.4. The fourth-order valence-corrected chi connectivity index (χ4v) is 8.32. The van der Waals surface area contributed by atoms with E-state index >= 15 is 0 Å². The van der Waals surface area contributed by atoms with E-state index in [0.29, 0.717) is 57.1 Å². The molecule has 21 heteroatoms. The van der Waals surface area contributed by atoms with Crippen LogP contribution in [-0.4, -0.2) is 154 Å². The molecule has 0 unspecified atom stereocenters. The van der Waals surface area contributed by atoms with E-state index in [0.717, 1.165) is 0 Å². The Morgan fingerprint density at radius 1 is 0.721 bits per heavy atom. The molecule has 2 saturated heterocycles. The Labute approximate surface area is 399 Å². The predicted octanol–water partition coefficient (Wildman–Crippen LogP) is -0.967. The maximum Gasteiger partial charge on any atom is 0.326 e. The molecular weight excluding hydrogens is 881 g/mol. The lowest BCUT2D eigenvalue weighted by Crippen LogP contribution is -2.60. The molecule has 0 aliphatic carbocycles. The molecule has 21 nitrogen and oxygen atoms in total. The van der Waals surface area contributed by atoms with E-state index in [1.165, 1.54) is 9.80 Å². The average Bonchev–Trinajstić information content (AvgIpc) is 4.01. The molecule has 1 aromatic rings. The Morgan fingerprint density at radius 2 is 1.32 bits per heavy atom. The van der Waals surface area contributed by atoms with Gasteiger partial charge >= 0.3 is 5.97 Å². The molecule has 12 N–H and O–H groups in total. The zero-order valence-corrected chi connectivity index (χ0v) is 40.5. The first kappa shape index (κ1) is 56.7. The summed E-state index contributed by atoms with van der Waals surface area (Å²) in [7, 11) is 0. The summed E-state index contributed by atoms with van der Waals surface area (Å²) in [5.74, 6) is -7.29. The zero-order valence-electron chi connectivity index (χ0n) is 40.5. The van der Waals surface area contributed by atoms with Crippen LogP contribution in [-0.2, 0) is 49.6 Å². The molecule has 0 spiro atoms. The first-order valence-corrected chi connectivity index (χ1v) is 24.0. The number of aliphatic hydroxyl groups excluding tert-OH is 1. The van der Waals surface area contributed by atoms with Crippen LogP contribution in [0.4, 0.5) is 0 Å². The van der Waals surface area contributed by atoms with Gasteiger partial charge in [0.05, 0.1) is 19.2 Å². The molecule has 2 fully saturated rings. The number of nitrogens with two attached hydrogens (primary N) is 2. The van der Waals surface area contributed by atoms with Crippen LogP contribution in [0.5, 0.6) is 0 Å². The van der Waals surface area contributed by atoms with Gasteiger partial charge in [-0.25, -0.2) is 4.79 Å². The third-order valence-electron chi connectivity index (χ3n) is 12.5. The summed E-state index contributed by atoms with van der Waals surface area (Å²) in [6.45, 7) is 10.1. The van der Waals surface area contributed by atoms with E-state index in [-0.39, 0.29) is 44.2 Å². The number of unbranched alkanes of at least 4 members (excludes halogenated alkanes) is 1. The Kier molecular flexibility index (Phi) is 23.3. The van der Waals surface area contributed by atoms with E-state index in [9.17, 15) is 53.4 Å². The topological polar surface area (TPSA) is 325 Å². The number of hydrogen-bond donors (Lipinski definition) is 10. The highest BCUT2D eigenvalue weighted by molar-refractivity contribution is 5.98. The highest BCUT2D eigenvalue weighted by Gasteiger charge is 2.42. The lowest BCUT2D eigenvalue weighted by atomic mass is 9.96. The summed E-state index contributed by atoms with van der Waals surface area (Å²) >= 11 is 0. The lowest BCUT2D eigenvalue weighted by Gasteiger charge is -2.33. The second-order valence-electron chi connectivity index (χ2n) is 18.7. The van der Waals surface area contributed by atoms with Crippen LogP contribution in [0.1, 0.15) is 105 Å². The van der Waals surface area contributed by atoms with Gasteiger partial charge in [0.1, 0.15) is 42.3 Å². The molecule has 0 bridgehead atoms.